The van der Waals surface area contributed by atoms with E-state index in [1.54, 1.807) is 11.1 Å². The molecule has 0 saturated carbocycles. The third-order valence-corrected chi connectivity index (χ3v) is 5.11. The summed E-state index contributed by atoms with van der Waals surface area (Å²) < 4.78 is 0. The Bertz CT molecular complexity index is 418. The van der Waals surface area contributed by atoms with Gasteiger partial charge in [0.1, 0.15) is 0 Å². The SMILES string of the molecule is CCc1ccc2c(c1)CC[C@H](C1CCCN1)[C@@H]2C. The minimum atomic E-state index is 0.732. The quantitative estimate of drug-likeness (QED) is 0.835. The van der Waals surface area contributed by atoms with E-state index in [4.69, 9.17) is 0 Å². The molecule has 1 unspecified atom stereocenters. The number of hydrogen-bond donors (Lipinski definition) is 1. The van der Waals surface area contributed by atoms with Gasteiger partial charge in [0.05, 0.1) is 0 Å². The normalized spacial score (nSPS) is 31.3. The number of fused-ring (bicyclic) bond motifs is 1. The second-order valence-electron chi connectivity index (χ2n) is 6.08. The van der Waals surface area contributed by atoms with Crippen LogP contribution in [0.3, 0.4) is 0 Å². The van der Waals surface area contributed by atoms with Gasteiger partial charge in [0.15, 0.2) is 0 Å². The molecule has 0 aromatic heterocycles. The Labute approximate surface area is 111 Å². The summed E-state index contributed by atoms with van der Waals surface area (Å²) in [4.78, 5) is 0. The van der Waals surface area contributed by atoms with Crippen LogP contribution in [0.25, 0.3) is 0 Å². The van der Waals surface area contributed by atoms with Crippen LogP contribution < -0.4 is 5.32 Å². The number of benzene rings is 1. The summed E-state index contributed by atoms with van der Waals surface area (Å²) in [6.07, 6.45) is 6.58. The largest absolute Gasteiger partial charge is 0.314 e. The van der Waals surface area contributed by atoms with Gasteiger partial charge in [0, 0.05) is 6.04 Å². The van der Waals surface area contributed by atoms with Crippen LogP contribution in [0, 0.1) is 5.92 Å². The highest BCUT2D eigenvalue weighted by Gasteiger charge is 2.33. The number of rotatable bonds is 2. The van der Waals surface area contributed by atoms with Crippen LogP contribution >= 0.6 is 0 Å². The Balaban J connectivity index is 1.84. The van der Waals surface area contributed by atoms with Crippen LogP contribution in [-0.4, -0.2) is 12.6 Å². The third-order valence-electron chi connectivity index (χ3n) is 5.11. The Kier molecular flexibility index (Phi) is 3.43. The molecule has 1 aromatic rings. The Morgan fingerprint density at radius 3 is 2.89 bits per heavy atom. The van der Waals surface area contributed by atoms with E-state index in [2.05, 4.69) is 37.4 Å². The standard InChI is InChI=1S/C17H25N/c1-3-13-6-8-15-12(2)16(9-7-14(15)11-13)17-5-4-10-18-17/h6,8,11-12,16-18H,3-5,7,9-10H2,1-2H3/t12-,16+,17?/m1/s1. The van der Waals surface area contributed by atoms with Crippen molar-refractivity contribution in [3.05, 3.63) is 34.9 Å². The van der Waals surface area contributed by atoms with Crippen molar-refractivity contribution < 1.29 is 0 Å². The molecular weight excluding hydrogens is 218 g/mol. The van der Waals surface area contributed by atoms with E-state index < -0.39 is 0 Å². The Morgan fingerprint density at radius 1 is 1.28 bits per heavy atom. The van der Waals surface area contributed by atoms with Crippen molar-refractivity contribution in [1.29, 1.82) is 0 Å². The molecule has 98 valence electrons. The summed E-state index contributed by atoms with van der Waals surface area (Å²) in [5.41, 5.74) is 4.74. The average Bonchev–Trinajstić information content (AvgIpc) is 2.92. The zero-order valence-corrected chi connectivity index (χ0v) is 11.7. The lowest BCUT2D eigenvalue weighted by atomic mass is 9.72. The lowest BCUT2D eigenvalue weighted by molar-refractivity contribution is 0.303. The summed E-state index contributed by atoms with van der Waals surface area (Å²) in [6, 6.07) is 7.96. The van der Waals surface area contributed by atoms with Gasteiger partial charge >= 0.3 is 0 Å². The number of hydrogen-bond acceptors (Lipinski definition) is 1. The average molecular weight is 243 g/mol. The summed E-state index contributed by atoms with van der Waals surface area (Å²) in [5, 5.41) is 3.71. The van der Waals surface area contributed by atoms with Crippen molar-refractivity contribution >= 4 is 0 Å². The minimum Gasteiger partial charge on any atom is -0.314 e. The molecule has 0 radical (unpaired) electrons. The topological polar surface area (TPSA) is 12.0 Å². The molecule has 3 atom stereocenters. The van der Waals surface area contributed by atoms with E-state index in [9.17, 15) is 0 Å². The summed E-state index contributed by atoms with van der Waals surface area (Å²) in [7, 11) is 0. The van der Waals surface area contributed by atoms with Crippen molar-refractivity contribution in [3.63, 3.8) is 0 Å². The molecule has 0 amide bonds. The first-order chi connectivity index (χ1) is 8.79. The molecule has 1 aliphatic carbocycles. The van der Waals surface area contributed by atoms with E-state index in [1.165, 1.54) is 37.8 Å². The maximum absolute atomic E-state index is 3.71. The molecule has 1 aromatic carbocycles. The predicted octanol–water partition coefficient (Wildman–Crippen LogP) is 3.67. The zero-order chi connectivity index (χ0) is 12.5. The summed E-state index contributed by atoms with van der Waals surface area (Å²) >= 11 is 0. The fourth-order valence-electron chi connectivity index (χ4n) is 3.97. The fraction of sp³-hybridized carbons (Fsp3) is 0.647. The van der Waals surface area contributed by atoms with Crippen LogP contribution in [0.2, 0.25) is 0 Å². The highest BCUT2D eigenvalue weighted by molar-refractivity contribution is 5.37. The van der Waals surface area contributed by atoms with Gasteiger partial charge in [0.2, 0.25) is 0 Å². The van der Waals surface area contributed by atoms with E-state index in [-0.39, 0.29) is 0 Å². The van der Waals surface area contributed by atoms with Gasteiger partial charge in [-0.05, 0) is 67.2 Å². The van der Waals surface area contributed by atoms with Gasteiger partial charge in [-0.2, -0.15) is 0 Å². The highest BCUT2D eigenvalue weighted by atomic mass is 14.9. The molecule has 1 heteroatoms. The molecule has 1 N–H and O–H groups in total. The van der Waals surface area contributed by atoms with Gasteiger partial charge in [-0.15, -0.1) is 0 Å². The maximum atomic E-state index is 3.71. The first kappa shape index (κ1) is 12.2. The summed E-state index contributed by atoms with van der Waals surface area (Å²) in [6.45, 7) is 5.92. The second-order valence-corrected chi connectivity index (χ2v) is 6.08. The molecule has 3 rings (SSSR count). The molecule has 2 aliphatic rings. The highest BCUT2D eigenvalue weighted by Crippen LogP contribution is 2.39. The molecule has 1 nitrogen and oxygen atoms in total. The van der Waals surface area contributed by atoms with Crippen molar-refractivity contribution in [1.82, 2.24) is 5.32 Å². The Hall–Kier alpha value is -0.820. The smallest absolute Gasteiger partial charge is 0.0102 e. The zero-order valence-electron chi connectivity index (χ0n) is 11.7. The molecule has 0 spiro atoms. The lowest BCUT2D eigenvalue weighted by Gasteiger charge is -2.35. The number of nitrogens with one attached hydrogen (secondary N) is 1. The Morgan fingerprint density at radius 2 is 2.17 bits per heavy atom. The van der Waals surface area contributed by atoms with Crippen LogP contribution in [-0.2, 0) is 12.8 Å². The van der Waals surface area contributed by atoms with Gasteiger partial charge in [-0.3, -0.25) is 0 Å². The molecule has 0 bridgehead atoms. The van der Waals surface area contributed by atoms with Crippen molar-refractivity contribution in [2.45, 2.75) is 57.9 Å². The van der Waals surface area contributed by atoms with Gasteiger partial charge < -0.3 is 5.32 Å². The number of aryl methyl sites for hydroxylation is 2. The van der Waals surface area contributed by atoms with Crippen LogP contribution in [0.15, 0.2) is 18.2 Å². The monoisotopic (exact) mass is 243 g/mol. The second kappa shape index (κ2) is 5.05. The maximum Gasteiger partial charge on any atom is 0.0102 e. The molecule has 18 heavy (non-hydrogen) atoms. The van der Waals surface area contributed by atoms with E-state index in [1.807, 2.05) is 0 Å². The van der Waals surface area contributed by atoms with E-state index in [0.29, 0.717) is 0 Å². The van der Waals surface area contributed by atoms with E-state index >= 15 is 0 Å². The van der Waals surface area contributed by atoms with Gasteiger partial charge in [-0.1, -0.05) is 32.0 Å². The molecular formula is C17H25N. The van der Waals surface area contributed by atoms with Crippen molar-refractivity contribution in [2.75, 3.05) is 6.54 Å². The van der Waals surface area contributed by atoms with Crippen molar-refractivity contribution in [3.8, 4) is 0 Å². The molecule has 1 aliphatic heterocycles. The predicted molar refractivity (Wildman–Crippen MR) is 77.1 cm³/mol. The first-order valence-corrected chi connectivity index (χ1v) is 7.64. The van der Waals surface area contributed by atoms with Crippen LogP contribution in [0.1, 0.15) is 55.7 Å². The van der Waals surface area contributed by atoms with Gasteiger partial charge in [-0.25, -0.2) is 0 Å². The van der Waals surface area contributed by atoms with Crippen molar-refractivity contribution in [2.24, 2.45) is 5.92 Å². The first-order valence-electron chi connectivity index (χ1n) is 7.64. The van der Waals surface area contributed by atoms with Crippen LogP contribution in [0.5, 0.6) is 0 Å². The molecule has 1 saturated heterocycles. The lowest BCUT2D eigenvalue weighted by Crippen LogP contribution is -2.36. The fourth-order valence-corrected chi connectivity index (χ4v) is 3.97. The van der Waals surface area contributed by atoms with E-state index in [0.717, 1.165) is 24.3 Å². The van der Waals surface area contributed by atoms with Crippen LogP contribution in [0.4, 0.5) is 0 Å². The molecule has 1 fully saturated rings. The summed E-state index contributed by atoms with van der Waals surface area (Å²) in [5.74, 6) is 1.59. The van der Waals surface area contributed by atoms with Gasteiger partial charge in [0.25, 0.3) is 0 Å². The third kappa shape index (κ3) is 2.09. The minimum absolute atomic E-state index is 0.732. The molecule has 1 heterocycles.